The van der Waals surface area contributed by atoms with E-state index in [9.17, 15) is 43.8 Å². The molecule has 23 nitrogen and oxygen atoms in total. The van der Waals surface area contributed by atoms with Crippen LogP contribution in [0.5, 0.6) is 0 Å². The van der Waals surface area contributed by atoms with E-state index in [1.807, 2.05) is 38.1 Å². The Morgan fingerprint density at radius 1 is 0.697 bits per heavy atom. The zero-order chi connectivity index (χ0) is 62.8. The molecule has 2 aliphatic rings. The smallest absolute Gasteiger partial charge is 0.303 e. The van der Waals surface area contributed by atoms with Gasteiger partial charge in [-0.3, -0.25) is 38.4 Å². The summed E-state index contributed by atoms with van der Waals surface area (Å²) in [6, 6.07) is 16.6. The first-order valence-corrected chi connectivity index (χ1v) is 33.0. The number of aliphatic hydroxyl groups is 2. The van der Waals surface area contributed by atoms with Crippen molar-refractivity contribution in [2.24, 2.45) is 11.7 Å². The lowest BCUT2D eigenvalue weighted by Gasteiger charge is -2.29. The normalized spacial score (nSPS) is 19.2. The summed E-state index contributed by atoms with van der Waals surface area (Å²) >= 11 is 6.90. The first-order valence-electron chi connectivity index (χ1n) is 27.7. The van der Waals surface area contributed by atoms with Gasteiger partial charge in [0, 0.05) is 75.0 Å². The summed E-state index contributed by atoms with van der Waals surface area (Å²) < 4.78 is 0. The Balaban J connectivity index is 0.991. The van der Waals surface area contributed by atoms with Crippen molar-refractivity contribution in [3.8, 4) is 43.4 Å². The van der Waals surface area contributed by atoms with Gasteiger partial charge in [0.05, 0.1) is 54.4 Å². The topological polar surface area (TPSA) is 353 Å². The van der Waals surface area contributed by atoms with Crippen LogP contribution < -0.4 is 21.7 Å². The largest absolute Gasteiger partial charge is 0.481 e. The minimum atomic E-state index is -1.29. The maximum Gasteiger partial charge on any atom is 0.303 e. The van der Waals surface area contributed by atoms with Crippen molar-refractivity contribution >= 4 is 115 Å². The number of aliphatic hydroxyl groups excluding tert-OH is 2. The van der Waals surface area contributed by atoms with E-state index in [1.165, 1.54) is 38.8 Å². The number of aromatic nitrogens is 7. The minimum Gasteiger partial charge on any atom is -0.481 e. The monoisotopic (exact) mass is 1310 g/mol. The number of primary amides is 1. The number of carboxylic acids is 1. The molecule has 1 saturated heterocycles. The van der Waals surface area contributed by atoms with Gasteiger partial charge in [-0.25, -0.2) is 34.9 Å². The van der Waals surface area contributed by atoms with Crippen LogP contribution in [-0.2, 0) is 25.6 Å². The molecule has 7 atom stereocenters. The molecule has 0 spiro atoms. The molecular weight excluding hydrogens is 1260 g/mol. The van der Waals surface area contributed by atoms with Crippen molar-refractivity contribution in [3.63, 3.8) is 0 Å². The quantitative estimate of drug-likeness (QED) is 0.0575. The fourth-order valence-electron chi connectivity index (χ4n) is 10.3. The summed E-state index contributed by atoms with van der Waals surface area (Å²) in [7, 11) is 0. The SMILES string of the molecule is Cc1ccc(C[C@@H]2NC(=O)c3csc(n3)[C@H]([C@H](O)c3ccccc3)CC(=O)c3nc(sc3C)[C@H](CC(N)=O)NC(=O)c3csc(n3)-c3ccc(-c4nc(C(=O)NCC(=O)CCC(=O)O)cs4)nc3-c3csc(n3)-c3csc(n3)[C@@H]3[C@@H](C)[C@@H](O)CN3C2=O)cc1. The second kappa shape index (κ2) is 26.7. The molecule has 8 N–H and O–H groups in total. The number of amides is 5. The first kappa shape index (κ1) is 62.1. The number of nitrogens with one attached hydrogen (secondary N) is 3. The Labute approximate surface area is 531 Å². The summed E-state index contributed by atoms with van der Waals surface area (Å²) in [4.78, 5) is 143. The van der Waals surface area contributed by atoms with E-state index < -0.39 is 95.7 Å². The highest BCUT2D eigenvalue weighted by molar-refractivity contribution is 7.15. The number of nitrogens with zero attached hydrogens (tertiary/aromatic N) is 8. The number of rotatable bonds is 13. The molecule has 7 aromatic heterocycles. The summed E-state index contributed by atoms with van der Waals surface area (Å²) in [5, 5.41) is 51.0. The van der Waals surface area contributed by atoms with E-state index in [2.05, 4.69) is 25.9 Å². The predicted molar refractivity (Wildman–Crippen MR) is 335 cm³/mol. The lowest BCUT2D eigenvalue weighted by Crippen LogP contribution is -2.50. The van der Waals surface area contributed by atoms with Gasteiger partial charge >= 0.3 is 5.97 Å². The Kier molecular flexibility index (Phi) is 18.6. The van der Waals surface area contributed by atoms with Crippen LogP contribution in [0, 0.1) is 19.8 Å². The molecule has 29 heteroatoms. The van der Waals surface area contributed by atoms with Gasteiger partial charge in [-0.2, -0.15) is 0 Å². The number of aryl methyl sites for hydroxylation is 2. The van der Waals surface area contributed by atoms with Gasteiger partial charge in [0.2, 0.25) is 11.8 Å². The van der Waals surface area contributed by atoms with Gasteiger partial charge in [0.25, 0.3) is 17.7 Å². The highest BCUT2D eigenvalue weighted by Gasteiger charge is 2.45. The average Bonchev–Trinajstić information content (AvgIpc) is 2.69. The molecule has 10 bridgehead atoms. The molecule has 0 radical (unpaired) electrons. The number of Topliss-reactive ketones (excluding diaryl/α,β-unsaturated/α-hetero) is 2. The molecular formula is C60H54N12O11S6. The van der Waals surface area contributed by atoms with Gasteiger partial charge < -0.3 is 41.9 Å². The fraction of sp³-hybridized carbons (Fsp3) is 0.283. The number of hydrogen-bond donors (Lipinski definition) is 7. The molecule has 0 unspecified atom stereocenters. The molecule has 0 saturated carbocycles. The van der Waals surface area contributed by atoms with Gasteiger partial charge in [0.15, 0.2) is 11.6 Å². The van der Waals surface area contributed by atoms with Crippen LogP contribution >= 0.6 is 68.0 Å². The zero-order valence-corrected chi connectivity index (χ0v) is 52.3. The highest BCUT2D eigenvalue weighted by Crippen LogP contribution is 2.43. The number of carbonyl (C=O) groups excluding carboxylic acids is 7. The zero-order valence-electron chi connectivity index (χ0n) is 47.4. The second-order valence-corrected chi connectivity index (χ2v) is 26.9. The Bertz CT molecular complexity index is 4190. The van der Waals surface area contributed by atoms with Crippen molar-refractivity contribution in [1.29, 1.82) is 0 Å². The summed E-state index contributed by atoms with van der Waals surface area (Å²) in [6.45, 7) is 4.98. The number of nitrogens with two attached hydrogens (primary N) is 1. The van der Waals surface area contributed by atoms with Crippen LogP contribution in [0.15, 0.2) is 93.6 Å². The van der Waals surface area contributed by atoms with Crippen molar-refractivity contribution in [2.45, 2.75) is 89.1 Å². The number of fused-ring (bicyclic) bond motifs is 16. The highest BCUT2D eigenvalue weighted by atomic mass is 32.1. The number of hydrogen-bond acceptors (Lipinski definition) is 23. The molecule has 9 aromatic rings. The van der Waals surface area contributed by atoms with Gasteiger partial charge in [0.1, 0.15) is 70.9 Å². The van der Waals surface area contributed by atoms with E-state index in [0.717, 1.165) is 56.5 Å². The van der Waals surface area contributed by atoms with Crippen LogP contribution in [0.25, 0.3) is 43.4 Å². The molecule has 0 aliphatic carbocycles. The van der Waals surface area contributed by atoms with Crippen LogP contribution in [-0.4, -0.2) is 127 Å². The summed E-state index contributed by atoms with van der Waals surface area (Å²) in [5.41, 5.74) is 9.79. The number of thiazole rings is 6. The number of ketones is 2. The lowest BCUT2D eigenvalue weighted by atomic mass is 9.90. The minimum absolute atomic E-state index is 0.00813. The van der Waals surface area contributed by atoms with Crippen LogP contribution in [0.2, 0.25) is 0 Å². The number of carboxylic acid groups (broad SMARTS) is 1. The van der Waals surface area contributed by atoms with Crippen LogP contribution in [0.1, 0.15) is 135 Å². The molecule has 2 aromatic carbocycles. The third-order valence-electron chi connectivity index (χ3n) is 15.0. The third-order valence-corrected chi connectivity index (χ3v) is 20.6. The van der Waals surface area contributed by atoms with Crippen molar-refractivity contribution in [2.75, 3.05) is 13.1 Å². The van der Waals surface area contributed by atoms with Gasteiger partial charge in [-0.15, -0.1) is 68.0 Å². The average molecular weight is 1310 g/mol. The molecule has 5 amide bonds. The number of benzene rings is 2. The van der Waals surface area contributed by atoms with Crippen molar-refractivity contribution in [3.05, 3.63) is 153 Å². The van der Waals surface area contributed by atoms with E-state index in [1.54, 1.807) is 65.0 Å². The van der Waals surface area contributed by atoms with Crippen LogP contribution in [0.3, 0.4) is 0 Å². The van der Waals surface area contributed by atoms with Gasteiger partial charge in [-0.05, 0) is 37.1 Å². The molecule has 89 heavy (non-hydrogen) atoms. The Hall–Kier alpha value is -8.55. The van der Waals surface area contributed by atoms with Crippen molar-refractivity contribution in [1.82, 2.24) is 55.7 Å². The third kappa shape index (κ3) is 13.9. The van der Waals surface area contributed by atoms with Crippen LogP contribution in [0.4, 0.5) is 0 Å². The first-order chi connectivity index (χ1) is 42.7. The Morgan fingerprint density at radius 2 is 1.35 bits per heavy atom. The molecule has 9 heterocycles. The standard InChI is InChI=1S/C60H54N12O11S6/c1-27-9-11-30(12-10-27)17-37-60(83)72-21-44(75)28(2)49(72)59-70-42(26-88-59)57-66-38(22-86-57)48-33(14-15-35(63-48)56-69-39(23-87-56)51(80)62-20-32(73)13-16-46(77)78)54-67-40(24-84-54)52(81)64-36(19-45(61)76)58-71-47(29(3)89-58)43(74)18-34(50(79)31-7-5-4-6-8-31)55-68-41(25-85-55)53(82)65-37/h4-12,14-15,22-26,28,34,36-37,44,49-50,75,79H,13,16-21H2,1-3H3,(H2,61,76)(H,62,80)(H,64,81)(H,65,82)(H,77,78)/t28-,34-,36-,37-,44-,49-,50+/m0/s1. The maximum atomic E-state index is 15.2. The summed E-state index contributed by atoms with van der Waals surface area (Å²) in [5.74, 6) is -6.90. The summed E-state index contributed by atoms with van der Waals surface area (Å²) in [6.07, 6.45) is -3.54. The van der Waals surface area contributed by atoms with E-state index in [4.69, 9.17) is 35.8 Å². The lowest BCUT2D eigenvalue weighted by molar-refractivity contribution is -0.138. The van der Waals surface area contributed by atoms with E-state index in [0.29, 0.717) is 58.8 Å². The molecule has 11 rings (SSSR count). The molecule has 456 valence electrons. The van der Waals surface area contributed by atoms with E-state index >= 15 is 4.79 Å². The van der Waals surface area contributed by atoms with Crippen molar-refractivity contribution < 1.29 is 53.7 Å². The predicted octanol–water partition coefficient (Wildman–Crippen LogP) is 7.94. The molecule has 2 aliphatic heterocycles. The van der Waals surface area contributed by atoms with E-state index in [-0.39, 0.29) is 71.6 Å². The second-order valence-electron chi connectivity index (χ2n) is 21.3. The number of carbonyl (C=O) groups is 8. The maximum absolute atomic E-state index is 15.2. The molecule has 1 fully saturated rings. The Morgan fingerprint density at radius 3 is 2.10 bits per heavy atom. The number of aliphatic carboxylic acids is 1. The fourth-order valence-corrected chi connectivity index (χ4v) is 15.6. The van der Waals surface area contributed by atoms with Gasteiger partial charge in [-0.1, -0.05) is 67.1 Å². The number of pyridine rings is 1.